The Morgan fingerprint density at radius 1 is 1.35 bits per heavy atom. The van der Waals surface area contributed by atoms with E-state index in [-0.39, 0.29) is 21.0 Å². The van der Waals surface area contributed by atoms with Crippen LogP contribution in [-0.2, 0) is 10.0 Å². The minimum absolute atomic E-state index is 0.0101. The van der Waals surface area contributed by atoms with Gasteiger partial charge in [-0.3, -0.25) is 0 Å². The molecule has 0 bridgehead atoms. The van der Waals surface area contributed by atoms with Crippen LogP contribution < -0.4 is 0 Å². The smallest absolute Gasteiger partial charge is 0.207 e. The molecule has 0 spiro atoms. The van der Waals surface area contributed by atoms with E-state index in [4.69, 9.17) is 23.2 Å². The van der Waals surface area contributed by atoms with Crippen LogP contribution in [0.4, 0.5) is 0 Å². The van der Waals surface area contributed by atoms with Crippen molar-refractivity contribution in [2.45, 2.75) is 24.3 Å². The zero-order chi connectivity index (χ0) is 15.1. The monoisotopic (exact) mass is 463 g/mol. The molecule has 20 heavy (non-hydrogen) atoms. The summed E-state index contributed by atoms with van der Waals surface area (Å²) < 4.78 is 27.8. The van der Waals surface area contributed by atoms with Gasteiger partial charge in [0.1, 0.15) is 4.90 Å². The predicted molar refractivity (Wildman–Crippen MR) is 89.4 cm³/mol. The van der Waals surface area contributed by atoms with Crippen LogP contribution in [0.25, 0.3) is 0 Å². The summed E-state index contributed by atoms with van der Waals surface area (Å²) in [5.41, 5.74) is 0. The molecular weight excluding hydrogens is 453 g/mol. The summed E-state index contributed by atoms with van der Waals surface area (Å²) in [5.74, 6) is 0.303. The van der Waals surface area contributed by atoms with Crippen molar-refractivity contribution in [1.82, 2.24) is 4.31 Å². The Hall–Kier alpha value is 0.670. The molecule has 3 nitrogen and oxygen atoms in total. The third-order valence-corrected chi connectivity index (χ3v) is 7.49. The van der Waals surface area contributed by atoms with Crippen molar-refractivity contribution in [3.63, 3.8) is 0 Å². The van der Waals surface area contributed by atoms with Crippen LogP contribution in [0.2, 0.25) is 10.0 Å². The van der Waals surface area contributed by atoms with Gasteiger partial charge in [-0.05, 0) is 24.5 Å². The highest BCUT2D eigenvalue weighted by Crippen LogP contribution is 2.38. The molecule has 0 radical (unpaired) electrons. The van der Waals surface area contributed by atoms with Gasteiger partial charge >= 0.3 is 0 Å². The van der Waals surface area contributed by atoms with Crippen molar-refractivity contribution < 1.29 is 8.42 Å². The maximum atomic E-state index is 12.8. The number of alkyl halides is 1. The van der Waals surface area contributed by atoms with Crippen molar-refractivity contribution in [1.29, 1.82) is 0 Å². The Morgan fingerprint density at radius 2 is 1.90 bits per heavy atom. The van der Waals surface area contributed by atoms with Gasteiger partial charge in [0.25, 0.3) is 0 Å². The van der Waals surface area contributed by atoms with Crippen LogP contribution in [0.1, 0.15) is 13.3 Å². The molecule has 0 aliphatic carbocycles. The van der Waals surface area contributed by atoms with E-state index in [0.29, 0.717) is 22.3 Å². The lowest BCUT2D eigenvalue weighted by Gasteiger charge is -2.25. The van der Waals surface area contributed by atoms with E-state index in [1.54, 1.807) is 12.1 Å². The first kappa shape index (κ1) is 17.0. The second-order valence-corrected chi connectivity index (χ2v) is 9.01. The quantitative estimate of drug-likeness (QED) is 0.614. The van der Waals surface area contributed by atoms with E-state index < -0.39 is 10.0 Å². The highest BCUT2D eigenvalue weighted by atomic mass is 79.9. The zero-order valence-electron chi connectivity index (χ0n) is 10.6. The average molecular weight is 466 g/mol. The third kappa shape index (κ3) is 3.06. The van der Waals surface area contributed by atoms with Gasteiger partial charge in [0.2, 0.25) is 10.0 Å². The van der Waals surface area contributed by atoms with Gasteiger partial charge in [-0.1, -0.05) is 62.0 Å². The molecule has 1 fully saturated rings. The molecule has 1 aliphatic heterocycles. The van der Waals surface area contributed by atoms with E-state index in [9.17, 15) is 8.42 Å². The Bertz CT molecular complexity index is 601. The maximum absolute atomic E-state index is 12.8. The van der Waals surface area contributed by atoms with Crippen LogP contribution in [0.3, 0.4) is 0 Å². The maximum Gasteiger partial charge on any atom is 0.246 e. The van der Waals surface area contributed by atoms with Crippen molar-refractivity contribution in [2.75, 3.05) is 11.9 Å². The van der Waals surface area contributed by atoms with Gasteiger partial charge in [-0.25, -0.2) is 8.42 Å². The lowest BCUT2D eigenvalue weighted by atomic mass is 10.1. The second-order valence-electron chi connectivity index (χ2n) is 4.80. The van der Waals surface area contributed by atoms with Crippen LogP contribution in [-0.4, -0.2) is 30.6 Å². The van der Waals surface area contributed by atoms with Crippen LogP contribution in [0.15, 0.2) is 21.5 Å². The van der Waals surface area contributed by atoms with E-state index >= 15 is 0 Å². The molecular formula is C12H13Br2Cl2NO2S. The molecule has 1 heterocycles. The third-order valence-electron chi connectivity index (χ3n) is 3.52. The predicted octanol–water partition coefficient (Wildman–Crippen LogP) is 4.55. The lowest BCUT2D eigenvalue weighted by Crippen LogP contribution is -2.38. The molecule has 1 aromatic carbocycles. The fraction of sp³-hybridized carbons (Fsp3) is 0.500. The first-order chi connectivity index (χ1) is 9.28. The molecule has 1 aromatic rings. The summed E-state index contributed by atoms with van der Waals surface area (Å²) in [4.78, 5) is -0.0101. The highest BCUT2D eigenvalue weighted by molar-refractivity contribution is 9.10. The van der Waals surface area contributed by atoms with Gasteiger partial charge < -0.3 is 0 Å². The summed E-state index contributed by atoms with van der Waals surface area (Å²) >= 11 is 18.8. The molecule has 112 valence electrons. The molecule has 1 saturated heterocycles. The number of nitrogens with zero attached hydrogens (tertiary/aromatic N) is 1. The van der Waals surface area contributed by atoms with Gasteiger partial charge in [-0.15, -0.1) is 0 Å². The zero-order valence-corrected chi connectivity index (χ0v) is 16.1. The molecule has 8 heteroatoms. The Labute approximate surface area is 145 Å². The summed E-state index contributed by atoms with van der Waals surface area (Å²) in [6.45, 7) is 2.54. The van der Waals surface area contributed by atoms with Crippen molar-refractivity contribution in [3.8, 4) is 0 Å². The molecule has 2 unspecified atom stereocenters. The number of sulfonamides is 1. The largest absolute Gasteiger partial charge is 0.246 e. The minimum atomic E-state index is -3.69. The minimum Gasteiger partial charge on any atom is -0.207 e. The summed E-state index contributed by atoms with van der Waals surface area (Å²) in [6, 6.07) is 3.02. The lowest BCUT2D eigenvalue weighted by molar-refractivity contribution is 0.378. The van der Waals surface area contributed by atoms with Gasteiger partial charge in [0, 0.05) is 22.4 Å². The van der Waals surface area contributed by atoms with Crippen LogP contribution in [0, 0.1) is 5.92 Å². The van der Waals surface area contributed by atoms with Crippen molar-refractivity contribution in [2.24, 2.45) is 5.92 Å². The Kier molecular flexibility index (Phi) is 5.47. The number of hydrogen-bond donors (Lipinski definition) is 0. The number of rotatable bonds is 3. The Morgan fingerprint density at radius 3 is 2.40 bits per heavy atom. The fourth-order valence-electron chi connectivity index (χ4n) is 2.39. The first-order valence-corrected chi connectivity index (χ1v) is 10.1. The molecule has 0 aromatic heterocycles. The van der Waals surface area contributed by atoms with Gasteiger partial charge in [0.05, 0.1) is 10.0 Å². The molecule has 0 saturated carbocycles. The highest BCUT2D eigenvalue weighted by Gasteiger charge is 2.40. The number of halogens is 4. The van der Waals surface area contributed by atoms with Gasteiger partial charge in [0.15, 0.2) is 0 Å². The van der Waals surface area contributed by atoms with Gasteiger partial charge in [-0.2, -0.15) is 4.31 Å². The standard InChI is InChI=1S/C12H13Br2Cl2NO2S/c1-7-2-3-17(11(7)6-13)20(18,19)12-9(15)4-8(14)5-10(12)16/h4-5,7,11H,2-3,6H2,1H3. The molecule has 2 rings (SSSR count). The topological polar surface area (TPSA) is 37.4 Å². The number of benzene rings is 1. The SMILES string of the molecule is CC1CCN(S(=O)(=O)c2c(Cl)cc(Br)cc2Cl)C1CBr. The fourth-order valence-corrected chi connectivity index (χ4v) is 7.20. The average Bonchev–Trinajstić information content (AvgIpc) is 2.69. The molecule has 0 N–H and O–H groups in total. The molecule has 1 aliphatic rings. The van der Waals surface area contributed by atoms with E-state index in [1.165, 1.54) is 4.31 Å². The summed E-state index contributed by atoms with van der Waals surface area (Å²) in [7, 11) is -3.69. The molecule has 2 atom stereocenters. The van der Waals surface area contributed by atoms with E-state index in [1.807, 2.05) is 6.92 Å². The van der Waals surface area contributed by atoms with Crippen molar-refractivity contribution in [3.05, 3.63) is 26.7 Å². The van der Waals surface area contributed by atoms with Crippen molar-refractivity contribution >= 4 is 65.1 Å². The summed E-state index contributed by atoms with van der Waals surface area (Å²) in [5, 5.41) is 0.869. The summed E-state index contributed by atoms with van der Waals surface area (Å²) in [6.07, 6.45) is 0.835. The number of hydrogen-bond acceptors (Lipinski definition) is 2. The first-order valence-electron chi connectivity index (χ1n) is 6.01. The molecule has 0 amide bonds. The van der Waals surface area contributed by atoms with Crippen LogP contribution in [0.5, 0.6) is 0 Å². The van der Waals surface area contributed by atoms with E-state index in [2.05, 4.69) is 31.9 Å². The second kappa shape index (κ2) is 6.42. The van der Waals surface area contributed by atoms with E-state index in [0.717, 1.165) is 6.42 Å². The van der Waals surface area contributed by atoms with Crippen LogP contribution >= 0.6 is 55.1 Å². The normalized spacial score (nSPS) is 24.2. The Balaban J connectivity index is 2.51.